The Morgan fingerprint density at radius 2 is 1.76 bits per heavy atom. The minimum atomic E-state index is -0.795. The highest BCUT2D eigenvalue weighted by atomic mass is 19.1. The Bertz CT molecular complexity index is 1160. The van der Waals surface area contributed by atoms with Gasteiger partial charge in [0.15, 0.2) is 0 Å². The topological polar surface area (TPSA) is 67.2 Å². The summed E-state index contributed by atoms with van der Waals surface area (Å²) < 4.78 is 29.7. The fourth-order valence-corrected chi connectivity index (χ4v) is 3.43. The van der Waals surface area contributed by atoms with Crippen LogP contribution in [0, 0.1) is 11.6 Å². The summed E-state index contributed by atoms with van der Waals surface area (Å²) in [6, 6.07) is 17.1. The molecule has 29 heavy (non-hydrogen) atoms. The van der Waals surface area contributed by atoms with E-state index in [0.717, 1.165) is 5.56 Å². The molecule has 2 N–H and O–H groups in total. The van der Waals surface area contributed by atoms with Gasteiger partial charge in [0.2, 0.25) is 0 Å². The van der Waals surface area contributed by atoms with Crippen LogP contribution in [0.4, 0.5) is 8.78 Å². The molecule has 5 nitrogen and oxygen atoms in total. The summed E-state index contributed by atoms with van der Waals surface area (Å²) in [6.07, 6.45) is 1.84. The summed E-state index contributed by atoms with van der Waals surface area (Å²) in [4.78, 5) is 12.3. The summed E-state index contributed by atoms with van der Waals surface area (Å²) in [5.74, 6) is -1.92. The second-order valence-electron chi connectivity index (χ2n) is 6.64. The van der Waals surface area contributed by atoms with Crippen molar-refractivity contribution in [2.24, 2.45) is 0 Å². The fraction of sp³-hybridized carbons (Fsp3) is 0.0909. The average Bonchev–Trinajstić information content (AvgIpc) is 3.15. The lowest BCUT2D eigenvalue weighted by atomic mass is 10.0. The minimum Gasteiger partial charge on any atom is -0.289 e. The first-order valence-electron chi connectivity index (χ1n) is 8.98. The monoisotopic (exact) mass is 393 g/mol. The number of aromatic nitrogens is 2. The molecular formula is C22H17F2N3O2. The second-order valence-corrected chi connectivity index (χ2v) is 6.64. The van der Waals surface area contributed by atoms with Crippen LogP contribution in [-0.4, -0.2) is 20.9 Å². The van der Waals surface area contributed by atoms with Crippen LogP contribution in [0.1, 0.15) is 11.6 Å². The summed E-state index contributed by atoms with van der Waals surface area (Å²) in [5, 5.41) is 14.1. The van der Waals surface area contributed by atoms with Crippen LogP contribution in [0.5, 0.6) is 0 Å². The van der Waals surface area contributed by atoms with E-state index >= 15 is 0 Å². The van der Waals surface area contributed by atoms with Crippen LogP contribution in [-0.2, 0) is 11.2 Å². The Labute approximate surface area is 165 Å². The summed E-state index contributed by atoms with van der Waals surface area (Å²) >= 11 is 0. The van der Waals surface area contributed by atoms with Gasteiger partial charge in [-0.15, -0.1) is 0 Å². The standard InChI is InChI=1S/C22H17F2N3O2/c23-17-7-4-8-18(24)21(17)15-9-10-19-16(12-15)13-25-27(19)20(22(28)26-29)11-14-5-2-1-3-6-14/h1-10,12-13,20,29H,11H2,(H,26,28). The maximum absolute atomic E-state index is 14.1. The predicted octanol–water partition coefficient (Wildman–Crippen LogP) is 4.27. The largest absolute Gasteiger partial charge is 0.289 e. The molecule has 1 aromatic heterocycles. The third-order valence-electron chi connectivity index (χ3n) is 4.83. The molecule has 1 amide bonds. The van der Waals surface area contributed by atoms with Crippen molar-refractivity contribution in [1.29, 1.82) is 0 Å². The molecule has 0 bridgehead atoms. The Kier molecular flexibility index (Phi) is 5.05. The van der Waals surface area contributed by atoms with Crippen molar-refractivity contribution >= 4 is 16.8 Å². The minimum absolute atomic E-state index is 0.115. The normalized spacial score (nSPS) is 12.1. The van der Waals surface area contributed by atoms with E-state index in [1.165, 1.54) is 29.1 Å². The van der Waals surface area contributed by atoms with E-state index in [1.54, 1.807) is 23.7 Å². The quantitative estimate of drug-likeness (QED) is 0.393. The molecular weight excluding hydrogens is 376 g/mol. The first-order valence-corrected chi connectivity index (χ1v) is 8.98. The molecule has 4 rings (SSSR count). The zero-order chi connectivity index (χ0) is 20.4. The highest BCUT2D eigenvalue weighted by molar-refractivity contribution is 5.87. The zero-order valence-electron chi connectivity index (χ0n) is 15.2. The Morgan fingerprint density at radius 3 is 2.45 bits per heavy atom. The molecule has 1 atom stereocenters. The number of rotatable bonds is 5. The van der Waals surface area contributed by atoms with Crippen LogP contribution < -0.4 is 5.48 Å². The molecule has 0 fully saturated rings. The molecule has 0 saturated carbocycles. The molecule has 0 saturated heterocycles. The second kappa shape index (κ2) is 7.81. The number of nitrogens with zero attached hydrogens (tertiary/aromatic N) is 2. The first kappa shape index (κ1) is 18.8. The van der Waals surface area contributed by atoms with Crippen molar-refractivity contribution in [2.75, 3.05) is 0 Å². The lowest BCUT2D eigenvalue weighted by molar-refractivity contribution is -0.132. The van der Waals surface area contributed by atoms with Gasteiger partial charge >= 0.3 is 0 Å². The van der Waals surface area contributed by atoms with Gasteiger partial charge in [-0.1, -0.05) is 42.5 Å². The third kappa shape index (κ3) is 3.60. The lowest BCUT2D eigenvalue weighted by Gasteiger charge is -2.17. The van der Waals surface area contributed by atoms with Crippen molar-refractivity contribution in [1.82, 2.24) is 15.3 Å². The number of hydrogen-bond donors (Lipinski definition) is 2. The van der Waals surface area contributed by atoms with Crippen LogP contribution >= 0.6 is 0 Å². The molecule has 4 aromatic rings. The molecule has 1 heterocycles. The van der Waals surface area contributed by atoms with Gasteiger partial charge in [0.1, 0.15) is 17.7 Å². The van der Waals surface area contributed by atoms with E-state index in [0.29, 0.717) is 22.9 Å². The number of carbonyl (C=O) groups is 1. The summed E-state index contributed by atoms with van der Waals surface area (Å²) in [6.45, 7) is 0. The van der Waals surface area contributed by atoms with E-state index in [4.69, 9.17) is 0 Å². The Morgan fingerprint density at radius 1 is 1.03 bits per heavy atom. The molecule has 0 aliphatic rings. The summed E-state index contributed by atoms with van der Waals surface area (Å²) in [5.41, 5.74) is 3.46. The number of benzene rings is 3. The van der Waals surface area contributed by atoms with Crippen molar-refractivity contribution in [2.45, 2.75) is 12.5 Å². The Balaban J connectivity index is 1.76. The molecule has 3 aromatic carbocycles. The van der Waals surface area contributed by atoms with E-state index in [-0.39, 0.29) is 5.56 Å². The van der Waals surface area contributed by atoms with Crippen molar-refractivity contribution in [3.8, 4) is 11.1 Å². The highest BCUT2D eigenvalue weighted by Crippen LogP contribution is 2.30. The van der Waals surface area contributed by atoms with Gasteiger partial charge in [-0.3, -0.25) is 14.7 Å². The maximum Gasteiger partial charge on any atom is 0.268 e. The number of carbonyl (C=O) groups excluding carboxylic acids is 1. The van der Waals surface area contributed by atoms with E-state index in [9.17, 15) is 18.8 Å². The fourth-order valence-electron chi connectivity index (χ4n) is 3.43. The van der Waals surface area contributed by atoms with E-state index < -0.39 is 23.6 Å². The molecule has 0 aliphatic carbocycles. The number of hydrogen-bond acceptors (Lipinski definition) is 3. The maximum atomic E-state index is 14.1. The average molecular weight is 393 g/mol. The van der Waals surface area contributed by atoms with Crippen LogP contribution in [0.2, 0.25) is 0 Å². The molecule has 0 aliphatic heterocycles. The zero-order valence-corrected chi connectivity index (χ0v) is 15.2. The van der Waals surface area contributed by atoms with Crippen LogP contribution in [0.25, 0.3) is 22.0 Å². The third-order valence-corrected chi connectivity index (χ3v) is 4.83. The smallest absolute Gasteiger partial charge is 0.268 e. The van der Waals surface area contributed by atoms with Crippen molar-refractivity contribution < 1.29 is 18.8 Å². The molecule has 0 spiro atoms. The lowest BCUT2D eigenvalue weighted by Crippen LogP contribution is -2.32. The van der Waals surface area contributed by atoms with Crippen molar-refractivity contribution in [3.63, 3.8) is 0 Å². The van der Waals surface area contributed by atoms with Gasteiger partial charge in [0.05, 0.1) is 17.3 Å². The Hall–Kier alpha value is -3.58. The van der Waals surface area contributed by atoms with E-state index in [1.807, 2.05) is 30.3 Å². The van der Waals surface area contributed by atoms with Gasteiger partial charge in [-0.25, -0.2) is 14.3 Å². The number of amides is 1. The number of fused-ring (bicyclic) bond motifs is 1. The number of halogens is 2. The van der Waals surface area contributed by atoms with Gasteiger partial charge in [0.25, 0.3) is 5.91 Å². The van der Waals surface area contributed by atoms with Gasteiger partial charge in [-0.05, 0) is 35.4 Å². The SMILES string of the molecule is O=C(NO)C(Cc1ccccc1)n1ncc2cc(-c3c(F)cccc3F)ccc21. The molecule has 1 unspecified atom stereocenters. The van der Waals surface area contributed by atoms with Gasteiger partial charge in [-0.2, -0.15) is 5.10 Å². The molecule has 7 heteroatoms. The molecule has 0 radical (unpaired) electrons. The first-order chi connectivity index (χ1) is 14.1. The number of nitrogens with one attached hydrogen (secondary N) is 1. The van der Waals surface area contributed by atoms with Gasteiger partial charge < -0.3 is 0 Å². The van der Waals surface area contributed by atoms with Crippen LogP contribution in [0.3, 0.4) is 0 Å². The van der Waals surface area contributed by atoms with Crippen molar-refractivity contribution in [3.05, 3.63) is 90.1 Å². The molecule has 146 valence electrons. The predicted molar refractivity (Wildman–Crippen MR) is 104 cm³/mol. The van der Waals surface area contributed by atoms with E-state index in [2.05, 4.69) is 5.10 Å². The van der Waals surface area contributed by atoms with Crippen LogP contribution in [0.15, 0.2) is 72.9 Å². The number of hydroxylamine groups is 1. The summed E-state index contributed by atoms with van der Waals surface area (Å²) in [7, 11) is 0. The highest BCUT2D eigenvalue weighted by Gasteiger charge is 2.23. The van der Waals surface area contributed by atoms with Gasteiger partial charge in [0, 0.05) is 11.8 Å².